The minimum atomic E-state index is -2.14. The van der Waals surface area contributed by atoms with Gasteiger partial charge in [0.05, 0.1) is 11.3 Å². The van der Waals surface area contributed by atoms with Crippen LogP contribution in [0, 0.1) is 6.92 Å². The van der Waals surface area contributed by atoms with E-state index in [1.54, 1.807) is 43.3 Å². The van der Waals surface area contributed by atoms with Gasteiger partial charge in [-0.1, -0.05) is 38.1 Å². The van der Waals surface area contributed by atoms with Gasteiger partial charge in [0, 0.05) is 16.8 Å². The van der Waals surface area contributed by atoms with Crippen molar-refractivity contribution in [2.45, 2.75) is 38.0 Å². The van der Waals surface area contributed by atoms with Crippen LogP contribution in [-0.4, -0.2) is 27.0 Å². The molecule has 2 heterocycles. The number of nitrogens with zero attached hydrogens (tertiary/aromatic N) is 1. The summed E-state index contributed by atoms with van der Waals surface area (Å²) in [5.74, 6) is -2.71. The molecule has 5 N–H and O–H groups in total. The topological polar surface area (TPSA) is 130 Å². The average Bonchev–Trinajstić information content (AvgIpc) is 3.32. The Balaban J connectivity index is 1.74. The molecule has 1 amide bonds. The number of ether oxygens (including phenoxy) is 1. The maximum Gasteiger partial charge on any atom is 0.271 e. The molecular weight excluding hydrogens is 396 g/mol. The summed E-state index contributed by atoms with van der Waals surface area (Å²) in [5, 5.41) is 21.2. The minimum absolute atomic E-state index is 0.143. The number of anilines is 1. The van der Waals surface area contributed by atoms with Crippen molar-refractivity contribution in [1.82, 2.24) is 15.5 Å². The first-order chi connectivity index (χ1) is 14.7. The van der Waals surface area contributed by atoms with Gasteiger partial charge in [0.25, 0.3) is 11.7 Å². The van der Waals surface area contributed by atoms with Crippen LogP contribution in [0.3, 0.4) is 0 Å². The molecule has 1 aliphatic heterocycles. The fourth-order valence-electron chi connectivity index (χ4n) is 4.52. The summed E-state index contributed by atoms with van der Waals surface area (Å²) in [5.41, 5.74) is 6.93. The summed E-state index contributed by atoms with van der Waals surface area (Å²) in [6.45, 7) is 5.80. The quantitative estimate of drug-likeness (QED) is 0.484. The van der Waals surface area contributed by atoms with Gasteiger partial charge in [-0.05, 0) is 36.6 Å². The molecule has 0 saturated carbocycles. The van der Waals surface area contributed by atoms with Gasteiger partial charge in [-0.15, -0.1) is 0 Å². The number of rotatable bonds is 3. The van der Waals surface area contributed by atoms with E-state index < -0.39 is 23.0 Å². The number of nitrogen functional groups attached to an aromatic ring is 1. The number of carbonyl (C=O) groups is 2. The Morgan fingerprint density at radius 2 is 2.00 bits per heavy atom. The molecule has 0 saturated heterocycles. The number of aryl methyl sites for hydroxylation is 1. The van der Waals surface area contributed by atoms with Crippen molar-refractivity contribution in [1.29, 1.82) is 0 Å². The molecule has 0 bridgehead atoms. The van der Waals surface area contributed by atoms with Crippen LogP contribution >= 0.6 is 0 Å². The van der Waals surface area contributed by atoms with Crippen molar-refractivity contribution in [3.8, 4) is 5.75 Å². The predicted octanol–water partition coefficient (Wildman–Crippen LogP) is 2.48. The van der Waals surface area contributed by atoms with E-state index in [1.165, 1.54) is 0 Å². The van der Waals surface area contributed by atoms with E-state index in [9.17, 15) is 14.7 Å². The fourth-order valence-corrected chi connectivity index (χ4v) is 4.52. The molecule has 2 aliphatic rings. The molecule has 0 radical (unpaired) electrons. The summed E-state index contributed by atoms with van der Waals surface area (Å²) in [7, 11) is 0. The van der Waals surface area contributed by atoms with Gasteiger partial charge >= 0.3 is 0 Å². The molecule has 1 aromatic heterocycles. The molecule has 1 aliphatic carbocycles. The number of Topliss-reactive ketones (excluding diaryl/α,β-unsaturated/α-hetero) is 1. The molecule has 31 heavy (non-hydrogen) atoms. The number of aromatic nitrogens is 2. The second kappa shape index (κ2) is 6.18. The lowest BCUT2D eigenvalue weighted by Gasteiger charge is -2.34. The monoisotopic (exact) mass is 418 g/mol. The Morgan fingerprint density at radius 1 is 1.23 bits per heavy atom. The maximum atomic E-state index is 13.8. The van der Waals surface area contributed by atoms with Gasteiger partial charge in [0.15, 0.2) is 0 Å². The van der Waals surface area contributed by atoms with Crippen LogP contribution in [0.4, 0.5) is 5.69 Å². The van der Waals surface area contributed by atoms with Gasteiger partial charge in [0.2, 0.25) is 11.3 Å². The van der Waals surface area contributed by atoms with E-state index in [1.807, 2.05) is 19.9 Å². The van der Waals surface area contributed by atoms with Gasteiger partial charge in [0.1, 0.15) is 11.4 Å². The Labute approximate surface area is 178 Å². The summed E-state index contributed by atoms with van der Waals surface area (Å²) >= 11 is 0. The zero-order chi connectivity index (χ0) is 22.1. The highest BCUT2D eigenvalue weighted by Crippen LogP contribution is 2.59. The molecule has 0 spiro atoms. The fraction of sp³-hybridized carbons (Fsp3) is 0.261. The number of nitrogens with one attached hydrogen (secondary N) is 2. The molecule has 5 rings (SSSR count). The van der Waals surface area contributed by atoms with E-state index in [4.69, 9.17) is 10.5 Å². The van der Waals surface area contributed by atoms with Gasteiger partial charge in [-0.3, -0.25) is 14.7 Å². The Hall–Kier alpha value is -3.65. The highest BCUT2D eigenvalue weighted by atomic mass is 16.6. The number of ketones is 1. The first-order valence-electron chi connectivity index (χ1n) is 10.0. The van der Waals surface area contributed by atoms with Crippen LogP contribution < -0.4 is 15.8 Å². The molecule has 158 valence electrons. The number of H-pyrrole nitrogens is 1. The van der Waals surface area contributed by atoms with Crippen LogP contribution in [0.2, 0.25) is 0 Å². The largest absolute Gasteiger partial charge is 0.454 e. The number of fused-ring (bicyclic) bond motifs is 5. The Kier molecular flexibility index (Phi) is 3.85. The third kappa shape index (κ3) is 2.36. The number of hydrogen-bond donors (Lipinski definition) is 4. The Bertz CT molecular complexity index is 1260. The summed E-state index contributed by atoms with van der Waals surface area (Å²) in [6, 6.07) is 11.8. The zero-order valence-electron chi connectivity index (χ0n) is 17.3. The van der Waals surface area contributed by atoms with Crippen molar-refractivity contribution in [2.24, 2.45) is 0 Å². The van der Waals surface area contributed by atoms with E-state index in [2.05, 4.69) is 15.5 Å². The SMILES string of the molecule is Cc1cc(C(=O)NC23C(=O)c4c(N)cccc4C2(O)Oc2cc(C(C)C)ccc23)[nH]n1. The highest BCUT2D eigenvalue weighted by molar-refractivity contribution is 6.15. The first-order valence-corrected chi connectivity index (χ1v) is 10.0. The highest BCUT2D eigenvalue weighted by Gasteiger charge is 2.72. The molecule has 2 unspecified atom stereocenters. The normalized spacial score (nSPS) is 23.3. The maximum absolute atomic E-state index is 13.8. The smallest absolute Gasteiger partial charge is 0.271 e. The van der Waals surface area contributed by atoms with Crippen LogP contribution in [0.25, 0.3) is 0 Å². The molecule has 2 atom stereocenters. The van der Waals surface area contributed by atoms with Crippen LogP contribution in [0.1, 0.15) is 63.0 Å². The molecule has 2 aromatic carbocycles. The Morgan fingerprint density at radius 3 is 2.68 bits per heavy atom. The molecule has 8 nitrogen and oxygen atoms in total. The van der Waals surface area contributed by atoms with Crippen molar-refractivity contribution >= 4 is 17.4 Å². The number of aromatic amines is 1. The number of aliphatic hydroxyl groups is 1. The summed E-state index contributed by atoms with van der Waals surface area (Å²) in [6.07, 6.45) is 0. The second-order valence-corrected chi connectivity index (χ2v) is 8.38. The zero-order valence-corrected chi connectivity index (χ0v) is 17.3. The van der Waals surface area contributed by atoms with Gasteiger partial charge in [-0.2, -0.15) is 5.10 Å². The van der Waals surface area contributed by atoms with Crippen molar-refractivity contribution in [3.05, 3.63) is 76.1 Å². The standard InChI is InChI=1S/C23H22N4O4/c1-11(2)13-7-8-14-18(10-13)31-23(30)15-5-4-6-16(24)19(15)20(28)22(14,23)25-21(29)17-9-12(3)26-27-17/h4-11,30H,24H2,1-3H3,(H,25,29)(H,26,27). The molecule has 3 aromatic rings. The number of nitrogens with two attached hydrogens (primary N) is 1. The van der Waals surface area contributed by atoms with E-state index >= 15 is 0 Å². The second-order valence-electron chi connectivity index (χ2n) is 8.38. The lowest BCUT2D eigenvalue weighted by atomic mass is 9.82. The van der Waals surface area contributed by atoms with Gasteiger partial charge < -0.3 is 20.9 Å². The van der Waals surface area contributed by atoms with E-state index in [-0.39, 0.29) is 28.4 Å². The summed E-state index contributed by atoms with van der Waals surface area (Å²) < 4.78 is 6.05. The number of benzene rings is 2. The molecule has 0 fully saturated rings. The van der Waals surface area contributed by atoms with Gasteiger partial charge in [-0.25, -0.2) is 0 Å². The van der Waals surface area contributed by atoms with Crippen LogP contribution in [-0.2, 0) is 11.3 Å². The van der Waals surface area contributed by atoms with Crippen LogP contribution in [0.5, 0.6) is 5.75 Å². The van der Waals surface area contributed by atoms with Crippen molar-refractivity contribution < 1.29 is 19.4 Å². The first kappa shape index (κ1) is 19.3. The minimum Gasteiger partial charge on any atom is -0.454 e. The average molecular weight is 418 g/mol. The van der Waals surface area contributed by atoms with E-state index in [0.29, 0.717) is 17.0 Å². The lowest BCUT2D eigenvalue weighted by Crippen LogP contribution is -2.60. The number of amides is 1. The molecule has 8 heteroatoms. The number of carbonyl (C=O) groups excluding carboxylic acids is 2. The third-order valence-electron chi connectivity index (χ3n) is 6.12. The molecular formula is C23H22N4O4. The third-order valence-corrected chi connectivity index (χ3v) is 6.12. The lowest BCUT2D eigenvalue weighted by molar-refractivity contribution is -0.169. The summed E-state index contributed by atoms with van der Waals surface area (Å²) in [4.78, 5) is 26.9. The predicted molar refractivity (Wildman–Crippen MR) is 113 cm³/mol. The van der Waals surface area contributed by atoms with Crippen molar-refractivity contribution in [3.63, 3.8) is 0 Å². The van der Waals surface area contributed by atoms with Crippen molar-refractivity contribution in [2.75, 3.05) is 5.73 Å². The van der Waals surface area contributed by atoms with Crippen LogP contribution in [0.15, 0.2) is 42.5 Å². The van der Waals surface area contributed by atoms with E-state index in [0.717, 1.165) is 5.56 Å². The number of hydrogen-bond acceptors (Lipinski definition) is 6.